The first-order chi connectivity index (χ1) is 9.06. The lowest BCUT2D eigenvalue weighted by Crippen LogP contribution is -2.00. The summed E-state index contributed by atoms with van der Waals surface area (Å²) in [7, 11) is 0. The van der Waals surface area contributed by atoms with E-state index < -0.39 is 0 Å². The van der Waals surface area contributed by atoms with Gasteiger partial charge in [0.25, 0.3) is 0 Å². The Labute approximate surface area is 120 Å². The lowest BCUT2D eigenvalue weighted by molar-refractivity contribution is 0.866. The number of anilines is 1. The van der Waals surface area contributed by atoms with Gasteiger partial charge in [-0.05, 0) is 47.7 Å². The molecule has 0 aromatic heterocycles. The van der Waals surface area contributed by atoms with Crippen LogP contribution >= 0.6 is 11.6 Å². The van der Waals surface area contributed by atoms with Crippen LogP contribution in [-0.2, 0) is 6.54 Å². The lowest BCUT2D eigenvalue weighted by atomic mass is 10.0. The van der Waals surface area contributed by atoms with Crippen LogP contribution < -0.4 is 5.32 Å². The Balaban J connectivity index is 2.05. The van der Waals surface area contributed by atoms with Gasteiger partial charge in [-0.3, -0.25) is 0 Å². The third kappa shape index (κ3) is 3.74. The number of nitrogens with one attached hydrogen (secondary N) is 1. The molecular weight excluding hydrogens is 254 g/mol. The van der Waals surface area contributed by atoms with Crippen molar-refractivity contribution in [3.63, 3.8) is 0 Å². The van der Waals surface area contributed by atoms with Crippen LogP contribution in [0.1, 0.15) is 36.5 Å². The van der Waals surface area contributed by atoms with Crippen molar-refractivity contribution in [3.05, 3.63) is 64.2 Å². The number of aryl methyl sites for hydroxylation is 1. The lowest BCUT2D eigenvalue weighted by Gasteiger charge is -2.11. The molecule has 0 amide bonds. The van der Waals surface area contributed by atoms with Gasteiger partial charge in [-0.15, -0.1) is 0 Å². The molecule has 0 aliphatic rings. The molecule has 0 atom stereocenters. The second-order valence-electron chi connectivity index (χ2n) is 5.22. The van der Waals surface area contributed by atoms with E-state index in [4.69, 9.17) is 11.6 Å². The topological polar surface area (TPSA) is 12.0 Å². The van der Waals surface area contributed by atoms with Gasteiger partial charge in [0.15, 0.2) is 0 Å². The van der Waals surface area contributed by atoms with E-state index in [0.29, 0.717) is 5.92 Å². The van der Waals surface area contributed by atoms with Crippen molar-refractivity contribution in [3.8, 4) is 0 Å². The van der Waals surface area contributed by atoms with Gasteiger partial charge in [-0.1, -0.05) is 49.7 Å². The van der Waals surface area contributed by atoms with E-state index in [1.165, 1.54) is 16.8 Å². The first kappa shape index (κ1) is 14.0. The maximum atomic E-state index is 6.03. The molecular formula is C17H20ClN. The zero-order valence-electron chi connectivity index (χ0n) is 11.7. The first-order valence-corrected chi connectivity index (χ1v) is 7.03. The number of hydrogen-bond donors (Lipinski definition) is 1. The summed E-state index contributed by atoms with van der Waals surface area (Å²) in [6.45, 7) is 7.27. The SMILES string of the molecule is Cc1cc(CNc2cccc(C(C)C)c2)ccc1Cl. The quantitative estimate of drug-likeness (QED) is 0.788. The second kappa shape index (κ2) is 6.12. The normalized spacial score (nSPS) is 10.8. The number of halogens is 1. The molecule has 2 aromatic rings. The van der Waals surface area contributed by atoms with Gasteiger partial charge < -0.3 is 5.32 Å². The van der Waals surface area contributed by atoms with E-state index in [2.05, 4.69) is 55.6 Å². The minimum absolute atomic E-state index is 0.555. The highest BCUT2D eigenvalue weighted by molar-refractivity contribution is 6.31. The van der Waals surface area contributed by atoms with Gasteiger partial charge in [-0.2, -0.15) is 0 Å². The maximum Gasteiger partial charge on any atom is 0.0435 e. The molecule has 0 unspecified atom stereocenters. The molecule has 0 spiro atoms. The molecule has 2 aromatic carbocycles. The third-order valence-electron chi connectivity index (χ3n) is 3.27. The van der Waals surface area contributed by atoms with Gasteiger partial charge in [-0.25, -0.2) is 0 Å². The number of rotatable bonds is 4. The third-order valence-corrected chi connectivity index (χ3v) is 3.70. The van der Waals surface area contributed by atoms with E-state index in [9.17, 15) is 0 Å². The Bertz CT molecular complexity index is 561. The van der Waals surface area contributed by atoms with Crippen molar-refractivity contribution in [2.45, 2.75) is 33.2 Å². The Morgan fingerprint density at radius 1 is 1.11 bits per heavy atom. The van der Waals surface area contributed by atoms with Crippen LogP contribution in [0.2, 0.25) is 5.02 Å². The number of hydrogen-bond acceptors (Lipinski definition) is 1. The van der Waals surface area contributed by atoms with Crippen molar-refractivity contribution in [2.24, 2.45) is 0 Å². The fraction of sp³-hybridized carbons (Fsp3) is 0.294. The summed E-state index contributed by atoms with van der Waals surface area (Å²) < 4.78 is 0. The fourth-order valence-corrected chi connectivity index (χ4v) is 2.15. The molecule has 100 valence electrons. The van der Waals surface area contributed by atoms with E-state index >= 15 is 0 Å². The fourth-order valence-electron chi connectivity index (χ4n) is 2.03. The molecule has 2 rings (SSSR count). The summed E-state index contributed by atoms with van der Waals surface area (Å²) in [4.78, 5) is 0. The highest BCUT2D eigenvalue weighted by Gasteiger charge is 2.01. The first-order valence-electron chi connectivity index (χ1n) is 6.65. The molecule has 0 radical (unpaired) electrons. The molecule has 0 saturated heterocycles. The monoisotopic (exact) mass is 273 g/mol. The highest BCUT2D eigenvalue weighted by Crippen LogP contribution is 2.20. The van der Waals surface area contributed by atoms with Gasteiger partial charge in [0.1, 0.15) is 0 Å². The van der Waals surface area contributed by atoms with Crippen molar-refractivity contribution in [1.29, 1.82) is 0 Å². The average molecular weight is 274 g/mol. The molecule has 1 nitrogen and oxygen atoms in total. The van der Waals surface area contributed by atoms with Crippen LogP contribution in [0.5, 0.6) is 0 Å². The minimum Gasteiger partial charge on any atom is -0.381 e. The largest absolute Gasteiger partial charge is 0.381 e. The smallest absolute Gasteiger partial charge is 0.0435 e. The van der Waals surface area contributed by atoms with Crippen molar-refractivity contribution < 1.29 is 0 Å². The van der Waals surface area contributed by atoms with Crippen molar-refractivity contribution in [1.82, 2.24) is 0 Å². The van der Waals surface area contributed by atoms with Crippen LogP contribution in [0.15, 0.2) is 42.5 Å². The number of benzene rings is 2. The summed E-state index contributed by atoms with van der Waals surface area (Å²) in [5.41, 5.74) is 4.89. The van der Waals surface area contributed by atoms with Crippen LogP contribution in [0.3, 0.4) is 0 Å². The van der Waals surface area contributed by atoms with E-state index in [1.54, 1.807) is 0 Å². The van der Waals surface area contributed by atoms with Crippen LogP contribution in [0, 0.1) is 6.92 Å². The zero-order chi connectivity index (χ0) is 13.8. The molecule has 0 heterocycles. The molecule has 0 saturated carbocycles. The Morgan fingerprint density at radius 2 is 1.89 bits per heavy atom. The summed E-state index contributed by atoms with van der Waals surface area (Å²) >= 11 is 6.03. The van der Waals surface area contributed by atoms with Crippen molar-refractivity contribution in [2.75, 3.05) is 5.32 Å². The highest BCUT2D eigenvalue weighted by atomic mass is 35.5. The molecule has 1 N–H and O–H groups in total. The second-order valence-corrected chi connectivity index (χ2v) is 5.62. The molecule has 0 bridgehead atoms. The molecule has 0 fully saturated rings. The zero-order valence-corrected chi connectivity index (χ0v) is 12.5. The predicted octanol–water partition coefficient (Wildman–Crippen LogP) is 5.38. The van der Waals surface area contributed by atoms with E-state index in [0.717, 1.165) is 17.1 Å². The van der Waals surface area contributed by atoms with Gasteiger partial charge >= 0.3 is 0 Å². The Morgan fingerprint density at radius 3 is 2.58 bits per heavy atom. The van der Waals surface area contributed by atoms with Crippen molar-refractivity contribution >= 4 is 17.3 Å². The van der Waals surface area contributed by atoms with E-state index in [1.807, 2.05) is 13.0 Å². The summed E-state index contributed by atoms with van der Waals surface area (Å²) in [5, 5.41) is 4.28. The Kier molecular flexibility index (Phi) is 4.49. The molecule has 2 heteroatoms. The van der Waals surface area contributed by atoms with Gasteiger partial charge in [0.2, 0.25) is 0 Å². The van der Waals surface area contributed by atoms with Crippen LogP contribution in [0.4, 0.5) is 5.69 Å². The van der Waals surface area contributed by atoms with Gasteiger partial charge in [0, 0.05) is 17.3 Å². The molecule has 0 aliphatic carbocycles. The summed E-state index contributed by atoms with van der Waals surface area (Å²) in [6.07, 6.45) is 0. The van der Waals surface area contributed by atoms with Crippen LogP contribution in [0.25, 0.3) is 0 Å². The summed E-state index contributed by atoms with van der Waals surface area (Å²) in [5.74, 6) is 0.555. The maximum absolute atomic E-state index is 6.03. The molecule has 0 aliphatic heterocycles. The van der Waals surface area contributed by atoms with E-state index in [-0.39, 0.29) is 0 Å². The van der Waals surface area contributed by atoms with Gasteiger partial charge in [0.05, 0.1) is 0 Å². The van der Waals surface area contributed by atoms with Crippen LogP contribution in [-0.4, -0.2) is 0 Å². The average Bonchev–Trinajstić information content (AvgIpc) is 2.40. The molecule has 19 heavy (non-hydrogen) atoms. The Hall–Kier alpha value is -1.47. The standard InChI is InChI=1S/C17H20ClN/c1-12(2)15-5-4-6-16(10-15)19-11-14-7-8-17(18)13(3)9-14/h4-10,12,19H,11H2,1-3H3. The predicted molar refractivity (Wildman–Crippen MR) is 84.0 cm³/mol. The minimum atomic E-state index is 0.555. The summed E-state index contributed by atoms with van der Waals surface area (Å²) in [6, 6.07) is 14.7.